The predicted molar refractivity (Wildman–Crippen MR) is 116 cm³/mol. The Morgan fingerprint density at radius 1 is 1.28 bits per heavy atom. The lowest BCUT2D eigenvalue weighted by Crippen LogP contribution is -2.38. The minimum Gasteiger partial charge on any atom is -0.491 e. The van der Waals surface area contributed by atoms with Gasteiger partial charge in [-0.2, -0.15) is 0 Å². The lowest BCUT2D eigenvalue weighted by atomic mass is 10.0. The Morgan fingerprint density at radius 2 is 2.04 bits per heavy atom. The van der Waals surface area contributed by atoms with Crippen molar-refractivity contribution in [3.63, 3.8) is 0 Å². The highest BCUT2D eigenvalue weighted by molar-refractivity contribution is 14.0. The number of nitrogens with zero attached hydrogens (tertiary/aromatic N) is 2. The Hall–Kier alpha value is -1.35. The Labute approximate surface area is 171 Å². The first kappa shape index (κ1) is 21.7. The summed E-state index contributed by atoms with van der Waals surface area (Å²) in [6.07, 6.45) is 1.89. The average molecular weight is 474 g/mol. The zero-order chi connectivity index (χ0) is 17.4. The van der Waals surface area contributed by atoms with Gasteiger partial charge in [0.25, 0.3) is 0 Å². The van der Waals surface area contributed by atoms with Crippen molar-refractivity contribution < 1.29 is 4.74 Å². The van der Waals surface area contributed by atoms with Gasteiger partial charge in [0.15, 0.2) is 5.96 Å². The first-order chi connectivity index (χ1) is 11.6. The average Bonchev–Trinajstić information content (AvgIpc) is 3.00. The number of thiazole rings is 1. The largest absolute Gasteiger partial charge is 0.491 e. The summed E-state index contributed by atoms with van der Waals surface area (Å²) in [5.74, 6) is 2.16. The molecule has 0 unspecified atom stereocenters. The third kappa shape index (κ3) is 7.19. The molecule has 0 atom stereocenters. The quantitative estimate of drug-likeness (QED) is 0.276. The summed E-state index contributed by atoms with van der Waals surface area (Å²) in [6, 6.07) is 8.19. The molecule has 0 bridgehead atoms. The minimum absolute atomic E-state index is 0. The molecule has 0 aliphatic carbocycles. The van der Waals surface area contributed by atoms with Crippen LogP contribution in [0.1, 0.15) is 35.2 Å². The second-order valence-electron chi connectivity index (χ2n) is 5.76. The predicted octanol–water partition coefficient (Wildman–Crippen LogP) is 3.94. The minimum atomic E-state index is 0. The van der Waals surface area contributed by atoms with Crippen LogP contribution in [0.3, 0.4) is 0 Å². The number of halogens is 1. The number of hydrogen-bond acceptors (Lipinski definition) is 4. The van der Waals surface area contributed by atoms with Crippen LogP contribution >= 0.6 is 35.3 Å². The van der Waals surface area contributed by atoms with E-state index in [1.165, 1.54) is 10.4 Å². The molecule has 5 nitrogen and oxygen atoms in total. The molecular weight excluding hydrogens is 447 g/mol. The van der Waals surface area contributed by atoms with Crippen molar-refractivity contribution in [2.45, 2.75) is 33.2 Å². The van der Waals surface area contributed by atoms with Gasteiger partial charge in [-0.1, -0.05) is 32.0 Å². The Balaban J connectivity index is 0.00000312. The van der Waals surface area contributed by atoms with Gasteiger partial charge in [0, 0.05) is 18.1 Å². The molecule has 138 valence electrons. The number of hydrogen-bond donors (Lipinski definition) is 2. The van der Waals surface area contributed by atoms with Gasteiger partial charge in [-0.3, -0.25) is 4.99 Å². The normalized spacial score (nSPS) is 11.2. The summed E-state index contributed by atoms with van der Waals surface area (Å²) in [4.78, 5) is 9.76. The van der Waals surface area contributed by atoms with E-state index in [1.54, 1.807) is 18.4 Å². The van der Waals surface area contributed by atoms with E-state index in [4.69, 9.17) is 4.74 Å². The van der Waals surface area contributed by atoms with Crippen LogP contribution in [0, 0.1) is 6.92 Å². The summed E-state index contributed by atoms with van der Waals surface area (Å²) in [5, 5.41) is 7.57. The lowest BCUT2D eigenvalue weighted by molar-refractivity contribution is 0.317. The number of aryl methyl sites for hydroxylation is 1. The zero-order valence-electron chi connectivity index (χ0n) is 15.2. The topological polar surface area (TPSA) is 58.5 Å². The van der Waals surface area contributed by atoms with E-state index in [0.29, 0.717) is 25.6 Å². The van der Waals surface area contributed by atoms with E-state index in [-0.39, 0.29) is 24.0 Å². The highest BCUT2D eigenvalue weighted by atomic mass is 127. The van der Waals surface area contributed by atoms with Gasteiger partial charge in [0.1, 0.15) is 17.4 Å². The van der Waals surface area contributed by atoms with Crippen LogP contribution in [0.5, 0.6) is 5.75 Å². The summed E-state index contributed by atoms with van der Waals surface area (Å²) in [6.45, 7) is 8.35. The maximum Gasteiger partial charge on any atom is 0.191 e. The molecule has 2 rings (SSSR count). The number of para-hydroxylation sites is 1. The molecule has 0 saturated heterocycles. The van der Waals surface area contributed by atoms with Gasteiger partial charge in [-0.25, -0.2) is 4.98 Å². The summed E-state index contributed by atoms with van der Waals surface area (Å²) in [7, 11) is 1.76. The monoisotopic (exact) mass is 474 g/mol. The first-order valence-corrected chi connectivity index (χ1v) is 8.99. The summed E-state index contributed by atoms with van der Waals surface area (Å²) < 4.78 is 5.90. The molecule has 0 spiro atoms. The van der Waals surface area contributed by atoms with Crippen molar-refractivity contribution in [2.24, 2.45) is 4.99 Å². The van der Waals surface area contributed by atoms with Crippen LogP contribution in [-0.4, -0.2) is 31.1 Å². The second kappa shape index (κ2) is 11.3. The van der Waals surface area contributed by atoms with Crippen molar-refractivity contribution >= 4 is 41.3 Å². The Kier molecular flexibility index (Phi) is 9.81. The molecule has 2 aromatic rings. The van der Waals surface area contributed by atoms with E-state index in [2.05, 4.69) is 47.4 Å². The molecule has 1 aromatic carbocycles. The fourth-order valence-electron chi connectivity index (χ4n) is 2.28. The fourth-order valence-corrected chi connectivity index (χ4v) is 3.01. The molecule has 2 N–H and O–H groups in total. The van der Waals surface area contributed by atoms with Crippen LogP contribution in [0.4, 0.5) is 0 Å². The number of nitrogens with one attached hydrogen (secondary N) is 2. The van der Waals surface area contributed by atoms with Gasteiger partial charge in [-0.05, 0) is 24.5 Å². The highest BCUT2D eigenvalue weighted by Gasteiger charge is 2.06. The van der Waals surface area contributed by atoms with E-state index >= 15 is 0 Å². The second-order valence-corrected chi connectivity index (χ2v) is 7.08. The number of aromatic nitrogens is 1. The van der Waals surface area contributed by atoms with Gasteiger partial charge in [-0.15, -0.1) is 35.3 Å². The SMILES string of the molecule is CN=C(NCCOc1ccccc1C(C)C)NCc1ncc(C)s1.I. The van der Waals surface area contributed by atoms with E-state index < -0.39 is 0 Å². The molecule has 7 heteroatoms. The van der Waals surface area contributed by atoms with E-state index in [9.17, 15) is 0 Å². The van der Waals surface area contributed by atoms with Crippen LogP contribution in [0.15, 0.2) is 35.5 Å². The van der Waals surface area contributed by atoms with Crippen molar-refractivity contribution in [1.82, 2.24) is 15.6 Å². The highest BCUT2D eigenvalue weighted by Crippen LogP contribution is 2.25. The van der Waals surface area contributed by atoms with E-state index in [0.717, 1.165) is 16.7 Å². The van der Waals surface area contributed by atoms with Crippen molar-refractivity contribution in [3.05, 3.63) is 45.9 Å². The van der Waals surface area contributed by atoms with Gasteiger partial charge in [0.2, 0.25) is 0 Å². The van der Waals surface area contributed by atoms with Crippen molar-refractivity contribution in [1.29, 1.82) is 0 Å². The zero-order valence-corrected chi connectivity index (χ0v) is 18.4. The summed E-state index contributed by atoms with van der Waals surface area (Å²) >= 11 is 1.69. The Morgan fingerprint density at radius 3 is 2.68 bits per heavy atom. The number of ether oxygens (including phenoxy) is 1. The lowest BCUT2D eigenvalue weighted by Gasteiger charge is -2.15. The van der Waals surface area contributed by atoms with Crippen LogP contribution in [0.25, 0.3) is 0 Å². The Bertz CT molecular complexity index is 673. The van der Waals surface area contributed by atoms with Crippen molar-refractivity contribution in [2.75, 3.05) is 20.2 Å². The van der Waals surface area contributed by atoms with Gasteiger partial charge < -0.3 is 15.4 Å². The smallest absolute Gasteiger partial charge is 0.191 e. The molecule has 0 aliphatic rings. The standard InChI is InChI=1S/C18H26N4OS.HI/c1-13(2)15-7-5-6-8-16(15)23-10-9-20-18(19-4)22-12-17-21-11-14(3)24-17;/h5-8,11,13H,9-10,12H2,1-4H3,(H2,19,20,22);1H. The number of benzene rings is 1. The number of rotatable bonds is 7. The first-order valence-electron chi connectivity index (χ1n) is 8.17. The fraction of sp³-hybridized carbons (Fsp3) is 0.444. The number of guanidine groups is 1. The molecule has 0 amide bonds. The van der Waals surface area contributed by atoms with Crippen molar-refractivity contribution in [3.8, 4) is 5.75 Å². The third-order valence-corrected chi connectivity index (χ3v) is 4.41. The van der Waals surface area contributed by atoms with Crippen LogP contribution < -0.4 is 15.4 Å². The molecule has 0 aliphatic heterocycles. The molecule has 0 fully saturated rings. The molecule has 0 radical (unpaired) electrons. The van der Waals surface area contributed by atoms with Gasteiger partial charge >= 0.3 is 0 Å². The maximum atomic E-state index is 5.90. The maximum absolute atomic E-state index is 5.90. The van der Waals surface area contributed by atoms with E-state index in [1.807, 2.05) is 24.4 Å². The van der Waals surface area contributed by atoms with Crippen LogP contribution in [-0.2, 0) is 6.54 Å². The van der Waals surface area contributed by atoms with Gasteiger partial charge in [0.05, 0.1) is 13.1 Å². The molecule has 1 heterocycles. The number of aliphatic imine (C=N–C) groups is 1. The third-order valence-electron chi connectivity index (χ3n) is 3.49. The summed E-state index contributed by atoms with van der Waals surface area (Å²) in [5.41, 5.74) is 1.24. The molecule has 1 aromatic heterocycles. The molecular formula is C18H27IN4OS. The molecule has 0 saturated carbocycles. The van der Waals surface area contributed by atoms with Crippen LogP contribution in [0.2, 0.25) is 0 Å². The molecule has 25 heavy (non-hydrogen) atoms.